The first-order chi connectivity index (χ1) is 20.0. The first kappa shape index (κ1) is 41.0. The number of phosphoric ester groups is 1. The van der Waals surface area contributed by atoms with E-state index in [9.17, 15) is 19.4 Å². The molecule has 0 radical (unpaired) electrons. The normalized spacial score (nSPS) is 15.3. The molecule has 0 fully saturated rings. The maximum atomic E-state index is 12.7. The maximum Gasteiger partial charge on any atom is 0.268 e. The lowest BCUT2D eigenvalue weighted by Gasteiger charge is -2.29. The first-order valence-electron chi connectivity index (χ1n) is 16.7. The van der Waals surface area contributed by atoms with Crippen LogP contribution in [0.5, 0.6) is 0 Å². The average Bonchev–Trinajstić information content (AvgIpc) is 2.92. The molecule has 42 heavy (non-hydrogen) atoms. The minimum atomic E-state index is -4.57. The number of carbonyl (C=O) groups excluding carboxylic acids is 1. The zero-order chi connectivity index (χ0) is 31.5. The van der Waals surface area contributed by atoms with Crippen molar-refractivity contribution >= 4 is 13.7 Å². The van der Waals surface area contributed by atoms with E-state index in [4.69, 9.17) is 9.05 Å². The predicted octanol–water partition coefficient (Wildman–Crippen LogP) is 7.21. The fourth-order valence-electron chi connectivity index (χ4n) is 4.40. The minimum absolute atomic E-state index is 0.00534. The van der Waals surface area contributed by atoms with Crippen LogP contribution in [0.4, 0.5) is 0 Å². The van der Waals surface area contributed by atoms with Crippen LogP contribution in [-0.2, 0) is 18.4 Å². The van der Waals surface area contributed by atoms with E-state index < -0.39 is 26.6 Å². The van der Waals surface area contributed by atoms with Gasteiger partial charge in [-0.15, -0.1) is 0 Å². The van der Waals surface area contributed by atoms with Gasteiger partial charge in [0.05, 0.1) is 39.9 Å². The molecule has 1 amide bonds. The molecule has 248 valence electrons. The van der Waals surface area contributed by atoms with Gasteiger partial charge in [-0.25, -0.2) is 0 Å². The van der Waals surface area contributed by atoms with E-state index in [1.165, 1.54) is 70.6 Å². The van der Waals surface area contributed by atoms with Crippen LogP contribution < -0.4 is 10.2 Å². The van der Waals surface area contributed by atoms with Crippen molar-refractivity contribution in [1.82, 2.24) is 5.32 Å². The number of amides is 1. The molecule has 0 saturated carbocycles. The molecule has 0 heterocycles. The molecule has 0 aliphatic heterocycles. The van der Waals surface area contributed by atoms with Crippen LogP contribution in [0.2, 0.25) is 0 Å². The van der Waals surface area contributed by atoms with Crippen LogP contribution in [-0.4, -0.2) is 68.5 Å². The summed E-state index contributed by atoms with van der Waals surface area (Å²) in [4.78, 5) is 25.0. The van der Waals surface area contributed by atoms with E-state index >= 15 is 0 Å². The zero-order valence-electron chi connectivity index (χ0n) is 27.7. The number of aliphatic hydroxyl groups is 1. The summed E-state index contributed by atoms with van der Waals surface area (Å²) < 4.78 is 22.9. The number of phosphoric acid groups is 1. The molecule has 0 saturated heterocycles. The first-order valence-corrected chi connectivity index (χ1v) is 18.2. The zero-order valence-corrected chi connectivity index (χ0v) is 28.6. The van der Waals surface area contributed by atoms with Crippen LogP contribution in [0.15, 0.2) is 24.3 Å². The second-order valence-corrected chi connectivity index (χ2v) is 13.9. The Morgan fingerprint density at radius 3 is 1.93 bits per heavy atom. The Morgan fingerprint density at radius 1 is 0.810 bits per heavy atom. The topological polar surface area (TPSA) is 108 Å². The Bertz CT molecular complexity index is 753. The number of nitrogens with zero attached hydrogens (tertiary/aromatic N) is 1. The van der Waals surface area contributed by atoms with Gasteiger partial charge in [-0.1, -0.05) is 115 Å². The lowest BCUT2D eigenvalue weighted by Crippen LogP contribution is -2.45. The Morgan fingerprint density at radius 2 is 1.33 bits per heavy atom. The van der Waals surface area contributed by atoms with Gasteiger partial charge in [-0.05, 0) is 32.1 Å². The van der Waals surface area contributed by atoms with Crippen molar-refractivity contribution in [2.45, 2.75) is 142 Å². The van der Waals surface area contributed by atoms with Gasteiger partial charge in [0.25, 0.3) is 7.82 Å². The SMILES string of the molecule is CCCCCC/C=C/CC/C=C/[C@@H](O)[C@H](COP(=O)([O-])OCC[N+](C)(C)C)NC(=O)CCCCCCCCCCCC. The van der Waals surface area contributed by atoms with E-state index in [1.54, 1.807) is 6.08 Å². The summed E-state index contributed by atoms with van der Waals surface area (Å²) in [5.74, 6) is -0.215. The molecule has 0 aliphatic carbocycles. The quantitative estimate of drug-likeness (QED) is 0.0398. The summed E-state index contributed by atoms with van der Waals surface area (Å²) in [5.41, 5.74) is 0. The number of nitrogens with one attached hydrogen (secondary N) is 1. The molecule has 0 aromatic carbocycles. The molecule has 0 bridgehead atoms. The number of unbranched alkanes of at least 4 members (excludes halogenated alkanes) is 14. The van der Waals surface area contributed by atoms with Crippen molar-refractivity contribution < 1.29 is 32.9 Å². The average molecular weight is 617 g/mol. The summed E-state index contributed by atoms with van der Waals surface area (Å²) in [6, 6.07) is -0.893. The van der Waals surface area contributed by atoms with Crippen LogP contribution >= 0.6 is 7.82 Å². The molecule has 8 nitrogen and oxygen atoms in total. The van der Waals surface area contributed by atoms with Crippen molar-refractivity contribution in [1.29, 1.82) is 0 Å². The fourth-order valence-corrected chi connectivity index (χ4v) is 5.12. The molecule has 1 unspecified atom stereocenters. The Labute approximate surface area is 258 Å². The maximum absolute atomic E-state index is 12.7. The number of hydrogen-bond donors (Lipinski definition) is 2. The van der Waals surface area contributed by atoms with Gasteiger partial charge in [0, 0.05) is 6.42 Å². The number of carbonyl (C=O) groups is 1. The third-order valence-electron chi connectivity index (χ3n) is 7.16. The molecule has 2 N–H and O–H groups in total. The van der Waals surface area contributed by atoms with Crippen LogP contribution in [0.25, 0.3) is 0 Å². The number of aliphatic hydroxyl groups excluding tert-OH is 1. The van der Waals surface area contributed by atoms with E-state index in [2.05, 4.69) is 31.3 Å². The third-order valence-corrected chi connectivity index (χ3v) is 8.13. The van der Waals surface area contributed by atoms with Crippen LogP contribution in [0.1, 0.15) is 129 Å². The van der Waals surface area contributed by atoms with Crippen molar-refractivity contribution in [2.24, 2.45) is 0 Å². The van der Waals surface area contributed by atoms with Crippen molar-refractivity contribution in [3.63, 3.8) is 0 Å². The van der Waals surface area contributed by atoms with Gasteiger partial charge >= 0.3 is 0 Å². The van der Waals surface area contributed by atoms with E-state index in [-0.39, 0.29) is 12.5 Å². The predicted molar refractivity (Wildman–Crippen MR) is 173 cm³/mol. The van der Waals surface area contributed by atoms with Gasteiger partial charge < -0.3 is 28.8 Å². The van der Waals surface area contributed by atoms with Crippen molar-refractivity contribution in [2.75, 3.05) is 40.9 Å². The van der Waals surface area contributed by atoms with E-state index in [0.29, 0.717) is 17.4 Å². The highest BCUT2D eigenvalue weighted by Gasteiger charge is 2.23. The van der Waals surface area contributed by atoms with Crippen molar-refractivity contribution in [3.05, 3.63) is 24.3 Å². The number of likely N-dealkylation sites (N-methyl/N-ethyl adjacent to an activating group) is 1. The lowest BCUT2D eigenvalue weighted by molar-refractivity contribution is -0.870. The van der Waals surface area contributed by atoms with Gasteiger partial charge in [0.1, 0.15) is 13.2 Å². The van der Waals surface area contributed by atoms with E-state index in [0.717, 1.165) is 38.5 Å². The lowest BCUT2D eigenvalue weighted by atomic mass is 10.1. The Hall–Kier alpha value is -1.02. The molecule has 0 aliphatic rings. The molecular formula is C33H65N2O6P. The van der Waals surface area contributed by atoms with Gasteiger partial charge in [0.15, 0.2) is 0 Å². The summed E-state index contributed by atoms with van der Waals surface area (Å²) in [6.45, 7) is 4.53. The van der Waals surface area contributed by atoms with Crippen molar-refractivity contribution in [3.8, 4) is 0 Å². The largest absolute Gasteiger partial charge is 0.756 e. The number of rotatable bonds is 29. The molecular weight excluding hydrogens is 551 g/mol. The van der Waals surface area contributed by atoms with Gasteiger partial charge in [-0.3, -0.25) is 9.36 Å². The highest BCUT2D eigenvalue weighted by Crippen LogP contribution is 2.38. The highest BCUT2D eigenvalue weighted by molar-refractivity contribution is 7.45. The summed E-state index contributed by atoms with van der Waals surface area (Å²) in [7, 11) is 1.24. The molecule has 0 rings (SSSR count). The number of quaternary nitrogens is 1. The monoisotopic (exact) mass is 616 g/mol. The Balaban J connectivity index is 4.69. The number of allylic oxidation sites excluding steroid dienone is 3. The third kappa shape index (κ3) is 27.8. The molecule has 9 heteroatoms. The molecule has 3 atom stereocenters. The smallest absolute Gasteiger partial charge is 0.268 e. The summed E-state index contributed by atoms with van der Waals surface area (Å²) in [6.07, 6.45) is 26.5. The highest BCUT2D eigenvalue weighted by atomic mass is 31.2. The van der Waals surface area contributed by atoms with Crippen LogP contribution in [0.3, 0.4) is 0 Å². The molecule has 0 aromatic heterocycles. The second kappa shape index (κ2) is 26.4. The second-order valence-electron chi connectivity index (χ2n) is 12.5. The summed E-state index contributed by atoms with van der Waals surface area (Å²) in [5, 5.41) is 13.6. The summed E-state index contributed by atoms with van der Waals surface area (Å²) >= 11 is 0. The van der Waals surface area contributed by atoms with Gasteiger partial charge in [0.2, 0.25) is 5.91 Å². The van der Waals surface area contributed by atoms with E-state index in [1.807, 2.05) is 27.2 Å². The fraction of sp³-hybridized carbons (Fsp3) is 0.848. The van der Waals surface area contributed by atoms with Gasteiger partial charge in [-0.2, -0.15) is 0 Å². The Kier molecular flexibility index (Phi) is 25.7. The number of hydrogen-bond acceptors (Lipinski definition) is 6. The molecule has 0 spiro atoms. The molecule has 0 aromatic rings. The van der Waals surface area contributed by atoms with Crippen LogP contribution in [0, 0.1) is 0 Å². The minimum Gasteiger partial charge on any atom is -0.756 e. The standard InChI is InChI=1S/C33H65N2O6P/c1-6-8-10-12-14-16-18-20-22-24-26-32(36)31(30-41-42(38,39)40-29-28-35(3,4)5)34-33(37)27-25-23-21-19-17-15-13-11-9-7-2/h16,18,24,26,31-32,36H,6-15,17,19-23,25,27-30H2,1-5H3,(H-,34,37,38,39)/b18-16+,26-24+/t31-,32+/m0/s1.